The van der Waals surface area contributed by atoms with E-state index < -0.39 is 31.0 Å². The molecule has 0 bridgehead atoms. The Kier molecular flexibility index (Phi) is 5.94. The highest BCUT2D eigenvalue weighted by Crippen LogP contribution is 2.35. The van der Waals surface area contributed by atoms with Crippen molar-refractivity contribution in [1.82, 2.24) is 9.97 Å². The number of nitrogens with one attached hydrogen (secondary N) is 1. The van der Waals surface area contributed by atoms with Crippen molar-refractivity contribution in [2.45, 2.75) is 30.8 Å². The number of hydrogen-bond acceptors (Lipinski definition) is 6. The van der Waals surface area contributed by atoms with Crippen molar-refractivity contribution in [2.75, 3.05) is 18.5 Å². The number of aromatic nitrogens is 2. The highest BCUT2D eigenvalue weighted by Gasteiger charge is 2.43. The maximum atomic E-state index is 11.1. The number of aliphatic hydroxyl groups excluding tert-OH is 2. The van der Waals surface area contributed by atoms with E-state index in [1.54, 1.807) is 12.1 Å². The van der Waals surface area contributed by atoms with Crippen LogP contribution in [0.5, 0.6) is 0 Å². The van der Waals surface area contributed by atoms with Crippen LogP contribution in [0.1, 0.15) is 17.2 Å². The molecule has 2 heterocycles. The second kappa shape index (κ2) is 8.61. The van der Waals surface area contributed by atoms with Gasteiger partial charge in [0.2, 0.25) is 5.28 Å². The topological polar surface area (TPSA) is 107 Å². The molecule has 1 saturated heterocycles. The second-order valence-corrected chi connectivity index (χ2v) is 7.36. The first-order valence-electron chi connectivity index (χ1n) is 9.41. The highest BCUT2D eigenvalue weighted by molar-refractivity contribution is 6.28. The van der Waals surface area contributed by atoms with Crippen molar-refractivity contribution in [1.29, 1.82) is 0 Å². The van der Waals surface area contributed by atoms with Crippen LogP contribution in [-0.4, -0.2) is 51.6 Å². The third kappa shape index (κ3) is 4.19. The zero-order valence-electron chi connectivity index (χ0n) is 15.5. The lowest BCUT2D eigenvalue weighted by molar-refractivity contribution is -0.0398. The molecule has 0 unspecified atom stereocenters. The van der Waals surface area contributed by atoms with Gasteiger partial charge >= 0.3 is 0 Å². The minimum Gasteiger partial charge on any atom is -0.387 e. The van der Waals surface area contributed by atoms with Crippen molar-refractivity contribution in [3.8, 4) is 0 Å². The predicted octanol–water partition coefficient (Wildman–Crippen LogP) is 2.53. The summed E-state index contributed by atoms with van der Waals surface area (Å²) in [6.07, 6.45) is -3.28. The monoisotopic (exact) mass is 414 g/mol. The van der Waals surface area contributed by atoms with Crippen LogP contribution >= 0.6 is 11.6 Å². The molecule has 29 heavy (non-hydrogen) atoms. The molecule has 8 heteroatoms. The Morgan fingerprint density at radius 3 is 2.59 bits per heavy atom. The molecule has 2 aromatic carbocycles. The number of benzene rings is 2. The average molecular weight is 415 g/mol. The zero-order valence-corrected chi connectivity index (χ0v) is 16.3. The van der Waals surface area contributed by atoms with Crippen LogP contribution in [0.3, 0.4) is 0 Å². The number of rotatable bonds is 6. The van der Waals surface area contributed by atoms with Crippen molar-refractivity contribution in [3.05, 3.63) is 64.9 Å². The standard InChI is InChI=1S/C21H21ClN3O4/c22-21-24-15-10-13(19-18(28)17(27)16(11-26)29-19)6-7-14(15)20(25-21)23-9-8-12-4-2-1-3-5-12/h1-7,10,16-19,27-28H,8-9,11H2,(H,23,24,25)/t16-,17-,18-,19+/m1/s1. The molecule has 1 fully saturated rings. The number of halogens is 1. The summed E-state index contributed by atoms with van der Waals surface area (Å²) >= 11 is 6.11. The first kappa shape index (κ1) is 20.0. The van der Waals surface area contributed by atoms with E-state index in [-0.39, 0.29) is 5.28 Å². The summed E-state index contributed by atoms with van der Waals surface area (Å²) in [5.74, 6) is 0.618. The maximum absolute atomic E-state index is 11.1. The third-order valence-electron chi connectivity index (χ3n) is 5.10. The molecule has 7 nitrogen and oxygen atoms in total. The number of fused-ring (bicyclic) bond motifs is 1. The fourth-order valence-corrected chi connectivity index (χ4v) is 3.74. The number of ether oxygens (including phenoxy) is 1. The maximum Gasteiger partial charge on any atom is 0.224 e. The van der Waals surface area contributed by atoms with Gasteiger partial charge in [-0.05, 0) is 41.3 Å². The Balaban J connectivity index is 1.56. The number of anilines is 1. The normalized spacial score (nSPS) is 24.1. The van der Waals surface area contributed by atoms with Crippen molar-refractivity contribution < 1.29 is 20.1 Å². The summed E-state index contributed by atoms with van der Waals surface area (Å²) in [6.45, 7) is 0.0574. The van der Waals surface area contributed by atoms with Gasteiger partial charge in [0.25, 0.3) is 0 Å². The lowest BCUT2D eigenvalue weighted by atomic mass is 10.0. The third-order valence-corrected chi connectivity index (χ3v) is 5.27. The lowest BCUT2D eigenvalue weighted by Gasteiger charge is -2.16. The van der Waals surface area contributed by atoms with Gasteiger partial charge in [0, 0.05) is 11.9 Å². The summed E-state index contributed by atoms with van der Waals surface area (Å²) < 4.78 is 5.54. The van der Waals surface area contributed by atoms with E-state index in [9.17, 15) is 15.3 Å². The van der Waals surface area contributed by atoms with E-state index in [1.165, 1.54) is 5.56 Å². The number of hydrogen-bond donors (Lipinski definition) is 3. The van der Waals surface area contributed by atoms with Crippen LogP contribution in [0.15, 0.2) is 48.5 Å². The van der Waals surface area contributed by atoms with Gasteiger partial charge in [-0.15, -0.1) is 0 Å². The number of aliphatic hydroxyl groups is 2. The summed E-state index contributed by atoms with van der Waals surface area (Å²) in [4.78, 5) is 8.56. The van der Waals surface area contributed by atoms with Crippen LogP contribution < -0.4 is 5.32 Å². The smallest absolute Gasteiger partial charge is 0.224 e. The Hall–Kier alpha value is -2.29. The van der Waals surface area contributed by atoms with Gasteiger partial charge in [0.1, 0.15) is 36.8 Å². The summed E-state index contributed by atoms with van der Waals surface area (Å²) in [6, 6.07) is 15.4. The van der Waals surface area contributed by atoms with Gasteiger partial charge in [-0.2, -0.15) is 0 Å². The van der Waals surface area contributed by atoms with E-state index in [1.807, 2.05) is 24.3 Å². The Bertz CT molecular complexity index is 988. The van der Waals surface area contributed by atoms with Gasteiger partial charge in [0.05, 0.1) is 5.52 Å². The summed E-state index contributed by atoms with van der Waals surface area (Å²) in [5.41, 5.74) is 2.41. The summed E-state index contributed by atoms with van der Waals surface area (Å²) in [7, 11) is 0. The molecule has 0 amide bonds. The minimum atomic E-state index is -1.21. The number of nitrogens with zero attached hydrogens (tertiary/aromatic N) is 2. The van der Waals surface area contributed by atoms with Gasteiger partial charge < -0.3 is 20.3 Å². The molecule has 1 aliphatic rings. The Morgan fingerprint density at radius 2 is 1.86 bits per heavy atom. The van der Waals surface area contributed by atoms with E-state index in [0.29, 0.717) is 23.4 Å². The van der Waals surface area contributed by atoms with Crippen molar-refractivity contribution >= 4 is 28.3 Å². The largest absolute Gasteiger partial charge is 0.387 e. The van der Waals surface area contributed by atoms with Crippen LogP contribution in [0.4, 0.5) is 5.82 Å². The van der Waals surface area contributed by atoms with Gasteiger partial charge in [-0.3, -0.25) is 0 Å². The molecule has 3 N–H and O–H groups in total. The van der Waals surface area contributed by atoms with Crippen molar-refractivity contribution in [2.24, 2.45) is 0 Å². The Morgan fingerprint density at radius 1 is 1.07 bits per heavy atom. The van der Waals surface area contributed by atoms with Crippen LogP contribution in [-0.2, 0) is 16.3 Å². The van der Waals surface area contributed by atoms with E-state index in [4.69, 9.17) is 16.3 Å². The van der Waals surface area contributed by atoms with Gasteiger partial charge in [-0.1, -0.05) is 36.4 Å². The van der Waals surface area contributed by atoms with Crippen LogP contribution in [0.2, 0.25) is 5.28 Å². The lowest BCUT2D eigenvalue weighted by Crippen LogP contribution is -2.32. The molecule has 4 atom stereocenters. The van der Waals surface area contributed by atoms with E-state index in [0.717, 1.165) is 11.8 Å². The first-order chi connectivity index (χ1) is 14.1. The van der Waals surface area contributed by atoms with Gasteiger partial charge in [0.15, 0.2) is 0 Å². The van der Waals surface area contributed by atoms with Gasteiger partial charge in [-0.25, -0.2) is 15.1 Å². The molecule has 1 aromatic heterocycles. The van der Waals surface area contributed by atoms with Crippen LogP contribution in [0.25, 0.3) is 10.9 Å². The molecule has 3 aromatic rings. The average Bonchev–Trinajstić information content (AvgIpc) is 3.02. The Labute approximate surface area is 173 Å². The highest BCUT2D eigenvalue weighted by atomic mass is 35.5. The van der Waals surface area contributed by atoms with Crippen LogP contribution in [0, 0.1) is 0 Å². The molecular formula is C21H21ClN3O4. The van der Waals surface area contributed by atoms with E-state index in [2.05, 4.69) is 27.4 Å². The SMILES string of the molecule is [O]C[C@H]1O[C@@H](c2ccc3c(NCCc4ccccc4)nc(Cl)nc3c2)[C@H](O)[C@@H]1O. The zero-order chi connectivity index (χ0) is 20.4. The molecule has 1 aliphatic heterocycles. The fraction of sp³-hybridized carbons (Fsp3) is 0.333. The molecule has 0 aliphatic carbocycles. The molecular weight excluding hydrogens is 394 g/mol. The van der Waals surface area contributed by atoms with E-state index >= 15 is 0 Å². The fourth-order valence-electron chi connectivity index (χ4n) is 3.56. The molecule has 4 rings (SSSR count). The predicted molar refractivity (Wildman–Crippen MR) is 108 cm³/mol. The summed E-state index contributed by atoms with van der Waals surface area (Å²) in [5, 5.41) is 35.5. The minimum absolute atomic E-state index is 0.0993. The first-order valence-corrected chi connectivity index (χ1v) is 9.79. The van der Waals surface area contributed by atoms with Crippen molar-refractivity contribution in [3.63, 3.8) is 0 Å². The molecule has 0 spiro atoms. The molecule has 1 radical (unpaired) electrons. The molecule has 151 valence electrons. The molecule has 0 saturated carbocycles. The quantitative estimate of drug-likeness (QED) is 0.535. The second-order valence-electron chi connectivity index (χ2n) is 7.02.